The minimum Gasteiger partial charge on any atom is -0.481 e. The van der Waals surface area contributed by atoms with Crippen LogP contribution >= 0.6 is 0 Å². The van der Waals surface area contributed by atoms with Crippen LogP contribution in [0.25, 0.3) is 0 Å². The fraction of sp³-hybridized carbons (Fsp3) is 0.588. The fourth-order valence-corrected chi connectivity index (χ4v) is 2.44. The van der Waals surface area contributed by atoms with Gasteiger partial charge in [0.15, 0.2) is 0 Å². The Morgan fingerprint density at radius 2 is 1.86 bits per heavy atom. The fourth-order valence-electron chi connectivity index (χ4n) is 2.44. The van der Waals surface area contributed by atoms with Gasteiger partial charge in [0.05, 0.1) is 6.10 Å². The van der Waals surface area contributed by atoms with Crippen molar-refractivity contribution in [3.8, 4) is 0 Å². The molecule has 0 aromatic heterocycles. The number of benzene rings is 1. The number of carbonyl (C=O) groups is 1. The molecular weight excluding hydrogens is 266 g/mol. The molecule has 0 amide bonds. The number of aliphatic carboxylic acids is 1. The van der Waals surface area contributed by atoms with E-state index in [1.54, 1.807) is 0 Å². The van der Waals surface area contributed by atoms with Crippen molar-refractivity contribution in [2.45, 2.75) is 64.6 Å². The van der Waals surface area contributed by atoms with E-state index in [1.807, 2.05) is 38.1 Å². The first-order valence-electron chi connectivity index (χ1n) is 7.68. The lowest BCUT2D eigenvalue weighted by atomic mass is 9.96. The number of carboxylic acids is 1. The Morgan fingerprint density at radius 1 is 1.24 bits per heavy atom. The summed E-state index contributed by atoms with van der Waals surface area (Å²) in [6, 6.07) is 7.88. The summed E-state index contributed by atoms with van der Waals surface area (Å²) < 4.78 is 0. The van der Waals surface area contributed by atoms with E-state index in [0.29, 0.717) is 6.42 Å². The number of aryl methyl sites for hydroxylation is 1. The van der Waals surface area contributed by atoms with Gasteiger partial charge in [0.1, 0.15) is 0 Å². The highest BCUT2D eigenvalue weighted by Gasteiger charge is 2.22. The number of nitrogens with one attached hydrogen (secondary N) is 1. The molecule has 21 heavy (non-hydrogen) atoms. The lowest BCUT2D eigenvalue weighted by molar-refractivity contribution is -0.137. The van der Waals surface area contributed by atoms with Gasteiger partial charge < -0.3 is 15.5 Å². The summed E-state index contributed by atoms with van der Waals surface area (Å²) in [6.45, 7) is 6.12. The Balaban J connectivity index is 2.77. The average molecular weight is 293 g/mol. The lowest BCUT2D eigenvalue weighted by Crippen LogP contribution is -2.39. The van der Waals surface area contributed by atoms with E-state index in [1.165, 1.54) is 5.56 Å². The second kappa shape index (κ2) is 8.80. The molecule has 0 saturated heterocycles. The van der Waals surface area contributed by atoms with Crippen LogP contribution in [0.2, 0.25) is 0 Å². The van der Waals surface area contributed by atoms with E-state index >= 15 is 0 Å². The molecule has 0 aliphatic rings. The third-order valence-electron chi connectivity index (χ3n) is 3.46. The van der Waals surface area contributed by atoms with Gasteiger partial charge in [0.2, 0.25) is 0 Å². The highest BCUT2D eigenvalue weighted by Crippen LogP contribution is 2.21. The van der Waals surface area contributed by atoms with E-state index in [-0.39, 0.29) is 18.5 Å². The Hall–Kier alpha value is -1.39. The number of rotatable bonds is 9. The largest absolute Gasteiger partial charge is 0.481 e. The zero-order valence-electron chi connectivity index (χ0n) is 13.2. The molecule has 2 atom stereocenters. The maximum absolute atomic E-state index is 10.8. The minimum absolute atomic E-state index is 0.0510. The number of hydrogen-bond acceptors (Lipinski definition) is 3. The molecule has 2 unspecified atom stereocenters. The number of aliphatic hydroxyl groups is 1. The topological polar surface area (TPSA) is 69.6 Å². The molecule has 1 aromatic rings. The van der Waals surface area contributed by atoms with E-state index < -0.39 is 12.1 Å². The van der Waals surface area contributed by atoms with Crippen molar-refractivity contribution in [3.05, 3.63) is 35.4 Å². The monoisotopic (exact) mass is 293 g/mol. The number of carboxylic acid groups (broad SMARTS) is 1. The first-order chi connectivity index (χ1) is 9.93. The van der Waals surface area contributed by atoms with Crippen LogP contribution in [0.1, 0.15) is 57.3 Å². The molecule has 1 rings (SSSR count). The summed E-state index contributed by atoms with van der Waals surface area (Å²) in [5, 5.41) is 22.6. The number of hydrogen-bond donors (Lipinski definition) is 3. The van der Waals surface area contributed by atoms with Gasteiger partial charge in [-0.15, -0.1) is 0 Å². The van der Waals surface area contributed by atoms with Crippen LogP contribution in [0, 0.1) is 0 Å². The van der Waals surface area contributed by atoms with Crippen molar-refractivity contribution >= 4 is 5.97 Å². The van der Waals surface area contributed by atoms with Gasteiger partial charge in [-0.2, -0.15) is 0 Å². The third kappa shape index (κ3) is 6.27. The van der Waals surface area contributed by atoms with Crippen molar-refractivity contribution in [2.24, 2.45) is 0 Å². The van der Waals surface area contributed by atoms with E-state index in [2.05, 4.69) is 12.2 Å². The van der Waals surface area contributed by atoms with Gasteiger partial charge >= 0.3 is 5.97 Å². The molecule has 0 radical (unpaired) electrons. The SMILES string of the molecule is CCCc1ccc(C(O)C(CCC(=O)O)NC(C)C)cc1. The van der Waals surface area contributed by atoms with Gasteiger partial charge in [-0.05, 0) is 24.0 Å². The second-order valence-electron chi connectivity index (χ2n) is 5.80. The molecule has 4 nitrogen and oxygen atoms in total. The van der Waals surface area contributed by atoms with Crippen molar-refractivity contribution in [3.63, 3.8) is 0 Å². The second-order valence-corrected chi connectivity index (χ2v) is 5.80. The standard InChI is InChI=1S/C17H27NO3/c1-4-5-13-6-8-14(9-7-13)17(21)15(18-12(2)3)10-11-16(19)20/h6-9,12,15,17-18,21H,4-5,10-11H2,1-3H3,(H,19,20). The minimum atomic E-state index is -0.837. The van der Waals surface area contributed by atoms with Crippen LogP contribution in [0.15, 0.2) is 24.3 Å². The maximum atomic E-state index is 10.8. The summed E-state index contributed by atoms with van der Waals surface area (Å²) >= 11 is 0. The smallest absolute Gasteiger partial charge is 0.303 e. The first-order valence-corrected chi connectivity index (χ1v) is 7.68. The molecule has 0 bridgehead atoms. The quantitative estimate of drug-likeness (QED) is 0.655. The van der Waals surface area contributed by atoms with E-state index in [4.69, 9.17) is 5.11 Å². The molecule has 0 heterocycles. The van der Waals surface area contributed by atoms with Crippen LogP contribution in [0.4, 0.5) is 0 Å². The van der Waals surface area contributed by atoms with Crippen molar-refractivity contribution in [1.82, 2.24) is 5.32 Å². The Bertz CT molecular complexity index is 428. The van der Waals surface area contributed by atoms with Crippen molar-refractivity contribution in [2.75, 3.05) is 0 Å². The molecule has 118 valence electrons. The van der Waals surface area contributed by atoms with Crippen LogP contribution < -0.4 is 5.32 Å². The molecular formula is C17H27NO3. The normalized spacial score (nSPS) is 14.1. The number of aliphatic hydroxyl groups excluding tert-OH is 1. The first kappa shape index (κ1) is 17.7. The van der Waals surface area contributed by atoms with E-state index in [0.717, 1.165) is 18.4 Å². The van der Waals surface area contributed by atoms with Gasteiger partial charge in [-0.25, -0.2) is 0 Å². The molecule has 3 N–H and O–H groups in total. The van der Waals surface area contributed by atoms with Crippen LogP contribution in [0.3, 0.4) is 0 Å². The van der Waals surface area contributed by atoms with Crippen LogP contribution in [-0.4, -0.2) is 28.3 Å². The third-order valence-corrected chi connectivity index (χ3v) is 3.46. The summed E-state index contributed by atoms with van der Waals surface area (Å²) in [5.74, 6) is -0.837. The molecule has 0 aliphatic carbocycles. The van der Waals surface area contributed by atoms with Crippen LogP contribution in [-0.2, 0) is 11.2 Å². The Kier molecular flexibility index (Phi) is 7.40. The van der Waals surface area contributed by atoms with Gasteiger partial charge in [-0.3, -0.25) is 4.79 Å². The molecule has 0 fully saturated rings. The summed E-state index contributed by atoms with van der Waals surface area (Å²) in [4.78, 5) is 10.8. The summed E-state index contributed by atoms with van der Waals surface area (Å²) in [6.07, 6.45) is 1.89. The predicted molar refractivity (Wildman–Crippen MR) is 84.3 cm³/mol. The molecule has 4 heteroatoms. The lowest BCUT2D eigenvalue weighted by Gasteiger charge is -2.26. The zero-order valence-corrected chi connectivity index (χ0v) is 13.2. The Labute approximate surface area is 127 Å². The average Bonchev–Trinajstić information content (AvgIpc) is 2.43. The summed E-state index contributed by atoms with van der Waals surface area (Å²) in [7, 11) is 0. The van der Waals surface area contributed by atoms with Gasteiger partial charge in [-0.1, -0.05) is 51.5 Å². The predicted octanol–water partition coefficient (Wildman–Crippen LogP) is 2.90. The molecule has 1 aromatic carbocycles. The van der Waals surface area contributed by atoms with Gasteiger partial charge in [0, 0.05) is 18.5 Å². The summed E-state index contributed by atoms with van der Waals surface area (Å²) in [5.41, 5.74) is 2.09. The van der Waals surface area contributed by atoms with E-state index in [9.17, 15) is 9.90 Å². The van der Waals surface area contributed by atoms with Crippen molar-refractivity contribution in [1.29, 1.82) is 0 Å². The molecule has 0 aliphatic heterocycles. The Morgan fingerprint density at radius 3 is 2.33 bits per heavy atom. The van der Waals surface area contributed by atoms with Gasteiger partial charge in [0.25, 0.3) is 0 Å². The van der Waals surface area contributed by atoms with Crippen LogP contribution in [0.5, 0.6) is 0 Å². The maximum Gasteiger partial charge on any atom is 0.303 e. The molecule has 0 spiro atoms. The highest BCUT2D eigenvalue weighted by atomic mass is 16.4. The van der Waals surface area contributed by atoms with Crippen molar-refractivity contribution < 1.29 is 15.0 Å². The molecule has 0 saturated carbocycles. The zero-order chi connectivity index (χ0) is 15.8. The highest BCUT2D eigenvalue weighted by molar-refractivity contribution is 5.66.